The van der Waals surface area contributed by atoms with Gasteiger partial charge in [0.05, 0.1) is 6.20 Å². The highest BCUT2D eigenvalue weighted by Crippen LogP contribution is 2.07. The minimum absolute atomic E-state index is 0.616. The molecule has 0 spiro atoms. The van der Waals surface area contributed by atoms with Crippen molar-refractivity contribution in [3.63, 3.8) is 0 Å². The zero-order valence-corrected chi connectivity index (χ0v) is 12.0. The second-order valence-corrected chi connectivity index (χ2v) is 5.28. The number of aromatic nitrogens is 4. The third kappa shape index (κ3) is 4.12. The molecule has 19 heavy (non-hydrogen) atoms. The van der Waals surface area contributed by atoms with Crippen LogP contribution in [0.3, 0.4) is 0 Å². The molecule has 2 aromatic rings. The number of hydrogen-bond acceptors (Lipinski definition) is 3. The lowest BCUT2D eigenvalue weighted by molar-refractivity contribution is 0.483. The van der Waals surface area contributed by atoms with Crippen LogP contribution in [-0.2, 0) is 19.6 Å². The van der Waals surface area contributed by atoms with Gasteiger partial charge in [0.1, 0.15) is 5.82 Å². The fourth-order valence-electron chi connectivity index (χ4n) is 1.97. The molecule has 0 atom stereocenters. The number of hydrogen-bond donors (Lipinski definition) is 1. The van der Waals surface area contributed by atoms with Crippen molar-refractivity contribution in [1.82, 2.24) is 19.6 Å². The van der Waals surface area contributed by atoms with Gasteiger partial charge in [0, 0.05) is 43.7 Å². The summed E-state index contributed by atoms with van der Waals surface area (Å²) in [4.78, 5) is 0. The van der Waals surface area contributed by atoms with E-state index < -0.39 is 0 Å². The van der Waals surface area contributed by atoms with Gasteiger partial charge in [-0.05, 0) is 12.3 Å². The van der Waals surface area contributed by atoms with E-state index in [4.69, 9.17) is 0 Å². The lowest BCUT2D eigenvalue weighted by atomic mass is 10.2. The average molecular weight is 261 g/mol. The predicted molar refractivity (Wildman–Crippen MR) is 76.9 cm³/mol. The fraction of sp³-hybridized carbons (Fsp3) is 0.571. The second-order valence-electron chi connectivity index (χ2n) is 5.28. The topological polar surface area (TPSA) is 47.7 Å². The molecular weight excluding hydrogens is 238 g/mol. The molecule has 0 unspecified atom stereocenters. The van der Waals surface area contributed by atoms with Crippen molar-refractivity contribution in [3.8, 4) is 0 Å². The Balaban J connectivity index is 1.85. The number of nitrogens with zero attached hydrogens (tertiary/aromatic N) is 4. The maximum atomic E-state index is 4.45. The van der Waals surface area contributed by atoms with Crippen LogP contribution in [0.5, 0.6) is 0 Å². The van der Waals surface area contributed by atoms with Gasteiger partial charge in [-0.25, -0.2) is 0 Å². The van der Waals surface area contributed by atoms with Crippen molar-refractivity contribution < 1.29 is 0 Å². The zero-order chi connectivity index (χ0) is 13.7. The third-order valence-corrected chi connectivity index (χ3v) is 2.81. The van der Waals surface area contributed by atoms with E-state index in [2.05, 4.69) is 42.5 Å². The van der Waals surface area contributed by atoms with Gasteiger partial charge in [-0.3, -0.25) is 9.36 Å². The Morgan fingerprint density at radius 2 is 2.16 bits per heavy atom. The van der Waals surface area contributed by atoms with Crippen LogP contribution < -0.4 is 5.32 Å². The van der Waals surface area contributed by atoms with Crippen LogP contribution in [0.25, 0.3) is 0 Å². The molecule has 0 aliphatic heterocycles. The first-order valence-corrected chi connectivity index (χ1v) is 6.96. The summed E-state index contributed by atoms with van der Waals surface area (Å²) >= 11 is 0. The van der Waals surface area contributed by atoms with Crippen molar-refractivity contribution in [2.75, 3.05) is 5.32 Å². The predicted octanol–water partition coefficient (Wildman–Crippen LogP) is 2.76. The average Bonchev–Trinajstić information content (AvgIpc) is 2.96. The number of nitrogens with one attached hydrogen (secondary N) is 1. The van der Waals surface area contributed by atoms with Gasteiger partial charge < -0.3 is 5.32 Å². The normalized spacial score (nSPS) is 11.2. The highest BCUT2D eigenvalue weighted by Gasteiger charge is 2.02. The Kier molecular flexibility index (Phi) is 4.60. The molecule has 0 aromatic carbocycles. The van der Waals surface area contributed by atoms with Gasteiger partial charge in [-0.15, -0.1) is 0 Å². The Morgan fingerprint density at radius 1 is 1.32 bits per heavy atom. The van der Waals surface area contributed by atoms with E-state index in [1.54, 1.807) is 0 Å². The maximum absolute atomic E-state index is 4.45. The number of anilines is 1. The molecule has 0 radical (unpaired) electrons. The molecule has 0 amide bonds. The van der Waals surface area contributed by atoms with E-state index in [1.807, 2.05) is 27.8 Å². The summed E-state index contributed by atoms with van der Waals surface area (Å²) in [5.74, 6) is 1.54. The molecule has 0 fully saturated rings. The van der Waals surface area contributed by atoms with Crippen LogP contribution in [0.4, 0.5) is 5.82 Å². The summed E-state index contributed by atoms with van der Waals surface area (Å²) in [7, 11) is 0. The largest absolute Gasteiger partial charge is 0.364 e. The Hall–Kier alpha value is -1.78. The molecule has 2 rings (SSSR count). The summed E-state index contributed by atoms with van der Waals surface area (Å²) in [6, 6.07) is 2.01. The highest BCUT2D eigenvalue weighted by molar-refractivity contribution is 5.33. The quantitative estimate of drug-likeness (QED) is 0.833. The zero-order valence-electron chi connectivity index (χ0n) is 12.0. The Morgan fingerprint density at radius 3 is 2.89 bits per heavy atom. The molecule has 2 aromatic heterocycles. The maximum Gasteiger partial charge on any atom is 0.148 e. The molecule has 5 heteroatoms. The van der Waals surface area contributed by atoms with Gasteiger partial charge in [-0.1, -0.05) is 20.8 Å². The van der Waals surface area contributed by atoms with Crippen LogP contribution in [0.1, 0.15) is 32.8 Å². The van der Waals surface area contributed by atoms with Gasteiger partial charge in [0.2, 0.25) is 0 Å². The smallest absolute Gasteiger partial charge is 0.148 e. The summed E-state index contributed by atoms with van der Waals surface area (Å²) in [6.07, 6.45) is 7.12. The van der Waals surface area contributed by atoms with E-state index in [0.29, 0.717) is 5.92 Å². The van der Waals surface area contributed by atoms with Crippen LogP contribution >= 0.6 is 0 Å². The molecule has 0 saturated heterocycles. The van der Waals surface area contributed by atoms with E-state index in [0.717, 1.165) is 31.9 Å². The van der Waals surface area contributed by atoms with Crippen LogP contribution in [0.2, 0.25) is 0 Å². The highest BCUT2D eigenvalue weighted by atomic mass is 15.3. The first-order chi connectivity index (χ1) is 9.17. The van der Waals surface area contributed by atoms with Crippen molar-refractivity contribution in [2.24, 2.45) is 5.92 Å². The first kappa shape index (κ1) is 13.6. The molecule has 0 bridgehead atoms. The Bertz CT molecular complexity index is 497. The van der Waals surface area contributed by atoms with Crippen molar-refractivity contribution in [1.29, 1.82) is 0 Å². The van der Waals surface area contributed by atoms with E-state index in [-0.39, 0.29) is 0 Å². The summed E-state index contributed by atoms with van der Waals surface area (Å²) in [5.41, 5.74) is 1.19. The van der Waals surface area contributed by atoms with E-state index in [9.17, 15) is 0 Å². The monoisotopic (exact) mass is 261 g/mol. The standard InChI is InChI=1S/C14H23N5/c1-4-6-18-7-5-14(17-18)15-8-13-9-16-19(11-13)10-12(2)3/h5,7,9,11-12H,4,6,8,10H2,1-3H3,(H,15,17). The number of rotatable bonds is 7. The van der Waals surface area contributed by atoms with Crippen LogP contribution in [0.15, 0.2) is 24.7 Å². The van der Waals surface area contributed by atoms with Crippen molar-refractivity contribution in [3.05, 3.63) is 30.2 Å². The summed E-state index contributed by atoms with van der Waals surface area (Å²) in [6.45, 7) is 9.23. The lowest BCUT2D eigenvalue weighted by Crippen LogP contribution is -2.04. The van der Waals surface area contributed by atoms with Gasteiger partial charge in [0.15, 0.2) is 0 Å². The SMILES string of the molecule is CCCn1ccc(NCc2cnn(CC(C)C)c2)n1. The lowest BCUT2D eigenvalue weighted by Gasteiger charge is -2.03. The van der Waals surface area contributed by atoms with Crippen LogP contribution in [-0.4, -0.2) is 19.6 Å². The molecule has 0 saturated carbocycles. The van der Waals surface area contributed by atoms with Gasteiger partial charge >= 0.3 is 0 Å². The van der Waals surface area contributed by atoms with Gasteiger partial charge in [-0.2, -0.15) is 10.2 Å². The summed E-state index contributed by atoms with van der Waals surface area (Å²) in [5, 5.41) is 12.1. The molecular formula is C14H23N5. The molecule has 104 valence electrons. The molecule has 0 aliphatic rings. The minimum atomic E-state index is 0.616. The van der Waals surface area contributed by atoms with Crippen molar-refractivity contribution in [2.45, 2.75) is 46.8 Å². The second kappa shape index (κ2) is 6.41. The third-order valence-electron chi connectivity index (χ3n) is 2.81. The first-order valence-electron chi connectivity index (χ1n) is 6.96. The van der Waals surface area contributed by atoms with E-state index >= 15 is 0 Å². The molecule has 2 heterocycles. The molecule has 1 N–H and O–H groups in total. The minimum Gasteiger partial charge on any atom is -0.364 e. The van der Waals surface area contributed by atoms with E-state index in [1.165, 1.54) is 5.56 Å². The van der Waals surface area contributed by atoms with Crippen molar-refractivity contribution >= 4 is 5.82 Å². The Labute approximate surface area is 114 Å². The van der Waals surface area contributed by atoms with Crippen LogP contribution in [0, 0.1) is 5.92 Å². The molecule has 5 nitrogen and oxygen atoms in total. The molecule has 0 aliphatic carbocycles. The number of aryl methyl sites for hydroxylation is 1. The summed E-state index contributed by atoms with van der Waals surface area (Å²) < 4.78 is 3.96. The van der Waals surface area contributed by atoms with Gasteiger partial charge in [0.25, 0.3) is 0 Å². The fourth-order valence-corrected chi connectivity index (χ4v) is 1.97.